The van der Waals surface area contributed by atoms with Crippen molar-refractivity contribution in [3.63, 3.8) is 0 Å². The van der Waals surface area contributed by atoms with Crippen molar-refractivity contribution in [3.05, 3.63) is 12.2 Å². The number of carbonyl (C=O) groups excluding carboxylic acids is 2. The number of unbranched alkanes of at least 4 members (excludes halogenated alkanes) is 2. The third kappa shape index (κ3) is 12.6. The zero-order valence-electron chi connectivity index (χ0n) is 21.2. The minimum atomic E-state index is -2.15. The number of alkyl carbamates (subject to hydrolysis) is 1. The van der Waals surface area contributed by atoms with E-state index in [0.29, 0.717) is 0 Å². The highest BCUT2D eigenvalue weighted by Crippen LogP contribution is 2.37. The molecule has 0 aromatic rings. The molecule has 0 radical (unpaired) electrons. The number of hydrogen-bond donors (Lipinski definition) is 1. The Kier molecular flexibility index (Phi) is 11.6. The fraction of sp³-hybridized carbons (Fsp3) is 0.750. The lowest BCUT2D eigenvalue weighted by atomic mass is 10.0. The highest BCUT2D eigenvalue weighted by molar-refractivity contribution is 6.74. The van der Waals surface area contributed by atoms with Crippen molar-refractivity contribution < 1.29 is 23.5 Å². The van der Waals surface area contributed by atoms with Crippen molar-refractivity contribution in [2.45, 2.75) is 104 Å². The van der Waals surface area contributed by atoms with Gasteiger partial charge in [-0.1, -0.05) is 58.5 Å². The van der Waals surface area contributed by atoms with E-state index in [1.807, 2.05) is 6.08 Å². The molecule has 0 saturated carbocycles. The van der Waals surface area contributed by atoms with E-state index in [1.54, 1.807) is 26.8 Å². The number of esters is 1. The van der Waals surface area contributed by atoms with Gasteiger partial charge in [0.1, 0.15) is 12.2 Å². The first-order valence-electron chi connectivity index (χ1n) is 11.0. The van der Waals surface area contributed by atoms with E-state index in [-0.39, 0.29) is 18.3 Å². The summed E-state index contributed by atoms with van der Waals surface area (Å²) >= 11 is 0. The average Bonchev–Trinajstić information content (AvgIpc) is 2.58. The van der Waals surface area contributed by atoms with Crippen molar-refractivity contribution in [2.75, 3.05) is 13.2 Å². The molecule has 0 aliphatic heterocycles. The van der Waals surface area contributed by atoms with Gasteiger partial charge in [-0.05, 0) is 51.4 Å². The summed E-state index contributed by atoms with van der Waals surface area (Å²) in [5.74, 6) is 5.62. The number of hydrogen-bond acceptors (Lipinski definition) is 5. The molecule has 178 valence electrons. The van der Waals surface area contributed by atoms with Gasteiger partial charge in [0.25, 0.3) is 0 Å². The van der Waals surface area contributed by atoms with Crippen LogP contribution in [0, 0.1) is 11.8 Å². The summed E-state index contributed by atoms with van der Waals surface area (Å²) in [4.78, 5) is 24.2. The molecule has 0 fully saturated rings. The maximum Gasteiger partial charge on any atom is 0.409 e. The first-order chi connectivity index (χ1) is 14.0. The van der Waals surface area contributed by atoms with E-state index >= 15 is 0 Å². The summed E-state index contributed by atoms with van der Waals surface area (Å²) in [7, 11) is -2.15. The Hall–Kier alpha value is -1.78. The van der Waals surface area contributed by atoms with E-state index in [9.17, 15) is 9.59 Å². The van der Waals surface area contributed by atoms with Crippen molar-refractivity contribution in [1.29, 1.82) is 0 Å². The zero-order chi connectivity index (χ0) is 24.3. The first-order valence-corrected chi connectivity index (χ1v) is 13.9. The quantitative estimate of drug-likeness (QED) is 0.213. The maximum atomic E-state index is 12.6. The van der Waals surface area contributed by atoms with E-state index in [1.165, 1.54) is 6.92 Å². The van der Waals surface area contributed by atoms with Crippen LogP contribution in [0.2, 0.25) is 18.1 Å². The molecule has 1 atom stereocenters. The monoisotopic (exact) mass is 453 g/mol. The molecule has 0 aliphatic carbocycles. The van der Waals surface area contributed by atoms with E-state index < -0.39 is 31.5 Å². The van der Waals surface area contributed by atoms with Crippen LogP contribution in [0.1, 0.15) is 74.7 Å². The molecule has 6 nitrogen and oxygen atoms in total. The van der Waals surface area contributed by atoms with Gasteiger partial charge in [-0.15, -0.1) is 0 Å². The molecule has 0 aromatic heterocycles. The molecule has 1 N–H and O–H groups in total. The minimum Gasteiger partial charge on any atom is -0.462 e. The highest BCUT2D eigenvalue weighted by Gasteiger charge is 2.41. The van der Waals surface area contributed by atoms with E-state index in [2.05, 4.69) is 57.9 Å². The molecule has 0 heterocycles. The van der Waals surface area contributed by atoms with E-state index in [4.69, 9.17) is 13.9 Å². The number of nitrogens with one attached hydrogen (secondary N) is 1. The average molecular weight is 454 g/mol. The first kappa shape index (κ1) is 29.2. The lowest BCUT2D eigenvalue weighted by Gasteiger charge is -2.39. The molecular formula is C24H43NO5Si. The number of rotatable bonds is 9. The Labute approximate surface area is 190 Å². The van der Waals surface area contributed by atoms with Crippen molar-refractivity contribution >= 4 is 20.4 Å². The predicted molar refractivity (Wildman–Crippen MR) is 128 cm³/mol. The van der Waals surface area contributed by atoms with Gasteiger partial charge >= 0.3 is 12.1 Å². The van der Waals surface area contributed by atoms with Gasteiger partial charge in [0, 0.05) is 6.92 Å². The Bertz CT molecular complexity index is 677. The third-order valence-corrected chi connectivity index (χ3v) is 9.46. The molecule has 0 spiro atoms. The summed E-state index contributed by atoms with van der Waals surface area (Å²) < 4.78 is 17.1. The summed E-state index contributed by atoms with van der Waals surface area (Å²) in [6, 6.07) is 0. The highest BCUT2D eigenvalue weighted by atomic mass is 28.4. The van der Waals surface area contributed by atoms with Crippen LogP contribution < -0.4 is 5.32 Å². The topological polar surface area (TPSA) is 73.9 Å². The van der Waals surface area contributed by atoms with Crippen LogP contribution in [0.15, 0.2) is 12.2 Å². The third-order valence-electron chi connectivity index (χ3n) is 4.98. The SMILES string of the molecule is CCCC/C=C/C#C[C@@](COC(C)=O)(CO[Si](C)(C)C(C)(C)C)NC(=O)OC(C)(C)C. The van der Waals surface area contributed by atoms with Crippen LogP contribution in [0.4, 0.5) is 4.79 Å². The Morgan fingerprint density at radius 3 is 2.16 bits per heavy atom. The van der Waals surface area contributed by atoms with Crippen LogP contribution in [-0.4, -0.2) is 44.7 Å². The largest absolute Gasteiger partial charge is 0.462 e. The molecule has 0 bridgehead atoms. The molecule has 0 unspecified atom stereocenters. The van der Waals surface area contributed by atoms with E-state index in [0.717, 1.165) is 19.3 Å². The lowest BCUT2D eigenvalue weighted by molar-refractivity contribution is -0.142. The van der Waals surface area contributed by atoms with Crippen LogP contribution in [0.25, 0.3) is 0 Å². The van der Waals surface area contributed by atoms with Crippen LogP contribution in [-0.2, 0) is 18.7 Å². The minimum absolute atomic E-state index is 0.0282. The second-order valence-electron chi connectivity index (χ2n) is 10.4. The van der Waals surface area contributed by atoms with Crippen molar-refractivity contribution in [2.24, 2.45) is 0 Å². The number of amides is 1. The standard InChI is InChI=1S/C24H43NO5Si/c1-11-12-13-14-15-16-17-24(18-28-20(2)26,25-21(27)30-22(3,4)5)19-29-31(9,10)23(6,7)8/h14-15H,11-13,18-19H2,1-10H3,(H,25,27)/b15-14+/t24-/m1/s1. The van der Waals surface area contributed by atoms with Crippen molar-refractivity contribution in [1.82, 2.24) is 5.32 Å². The molecule has 1 amide bonds. The fourth-order valence-corrected chi connectivity index (χ4v) is 3.15. The molecule has 0 rings (SSSR count). The van der Waals surface area contributed by atoms with Crippen LogP contribution in [0.5, 0.6) is 0 Å². The van der Waals surface area contributed by atoms with Gasteiger partial charge in [-0.3, -0.25) is 10.1 Å². The van der Waals surface area contributed by atoms with Gasteiger partial charge in [0.2, 0.25) is 0 Å². The Morgan fingerprint density at radius 1 is 1.06 bits per heavy atom. The van der Waals surface area contributed by atoms with Gasteiger partial charge < -0.3 is 13.9 Å². The smallest absolute Gasteiger partial charge is 0.409 e. The molecule has 0 aliphatic rings. The molecular weight excluding hydrogens is 410 g/mol. The van der Waals surface area contributed by atoms with Crippen molar-refractivity contribution in [3.8, 4) is 11.8 Å². The summed E-state index contributed by atoms with van der Waals surface area (Å²) in [5.41, 5.74) is -1.90. The van der Waals surface area contributed by atoms with Crippen LogP contribution in [0.3, 0.4) is 0 Å². The zero-order valence-corrected chi connectivity index (χ0v) is 22.2. The molecule has 31 heavy (non-hydrogen) atoms. The normalized spacial score (nSPS) is 14.4. The lowest BCUT2D eigenvalue weighted by Crippen LogP contribution is -2.58. The molecule has 0 aromatic carbocycles. The maximum absolute atomic E-state index is 12.6. The van der Waals surface area contributed by atoms with Gasteiger partial charge in [-0.25, -0.2) is 4.79 Å². The second kappa shape index (κ2) is 12.3. The van der Waals surface area contributed by atoms with Crippen LogP contribution >= 0.6 is 0 Å². The molecule has 7 heteroatoms. The predicted octanol–water partition coefficient (Wildman–Crippen LogP) is 5.58. The summed E-state index contributed by atoms with van der Waals surface area (Å²) in [5, 5.41) is 2.79. The summed E-state index contributed by atoms with van der Waals surface area (Å²) in [6.07, 6.45) is 6.25. The molecule has 0 saturated heterocycles. The van der Waals surface area contributed by atoms with Gasteiger partial charge in [0.05, 0.1) is 6.61 Å². The summed E-state index contributed by atoms with van der Waals surface area (Å²) in [6.45, 7) is 19.4. The number of ether oxygens (including phenoxy) is 2. The Morgan fingerprint density at radius 2 is 1.68 bits per heavy atom. The second-order valence-corrected chi connectivity index (χ2v) is 15.2. The van der Waals surface area contributed by atoms with Gasteiger partial charge in [-0.2, -0.15) is 0 Å². The Balaban J connectivity index is 5.92. The van der Waals surface area contributed by atoms with Gasteiger partial charge in [0.15, 0.2) is 13.9 Å². The fourth-order valence-electron chi connectivity index (χ4n) is 2.11. The number of carbonyl (C=O) groups is 2. The number of allylic oxidation sites excluding steroid dienone is 2.